The van der Waals surface area contributed by atoms with Gasteiger partial charge in [-0.05, 0) is 20.8 Å². The van der Waals surface area contributed by atoms with Crippen LogP contribution in [-0.2, 0) is 14.3 Å². The lowest BCUT2D eigenvalue weighted by molar-refractivity contribution is -0.155. The molecule has 0 spiro atoms. The molecule has 1 saturated heterocycles. The van der Waals surface area contributed by atoms with E-state index in [-0.39, 0.29) is 12.0 Å². The average Bonchev–Trinajstić information content (AvgIpc) is 2.23. The molecule has 2 unspecified atom stereocenters. The predicted octanol–water partition coefficient (Wildman–Crippen LogP) is 0.272. The van der Waals surface area contributed by atoms with E-state index in [1.165, 1.54) is 0 Å². The van der Waals surface area contributed by atoms with Crippen molar-refractivity contribution in [3.63, 3.8) is 0 Å². The van der Waals surface area contributed by atoms with Crippen LogP contribution < -0.4 is 5.32 Å². The van der Waals surface area contributed by atoms with Crippen LogP contribution in [0.2, 0.25) is 0 Å². The highest BCUT2D eigenvalue weighted by molar-refractivity contribution is 5.81. The predicted molar refractivity (Wildman–Crippen MR) is 43.6 cm³/mol. The molecule has 0 aromatic rings. The molecule has 0 aromatic heterocycles. The lowest BCUT2D eigenvalue weighted by Gasteiger charge is -2.16. The van der Waals surface area contributed by atoms with E-state index in [2.05, 4.69) is 5.32 Å². The monoisotopic (exact) mass is 173 g/mol. The van der Waals surface area contributed by atoms with E-state index >= 15 is 0 Å². The van der Waals surface area contributed by atoms with Gasteiger partial charge in [0.05, 0.1) is 6.10 Å². The molecule has 0 aliphatic carbocycles. The number of nitrogens with one attached hydrogen (secondary N) is 1. The molecule has 1 aliphatic heterocycles. The molecule has 1 amide bonds. The van der Waals surface area contributed by atoms with Crippen molar-refractivity contribution in [3.05, 3.63) is 0 Å². The van der Waals surface area contributed by atoms with Crippen LogP contribution in [0.1, 0.15) is 20.8 Å². The van der Waals surface area contributed by atoms with E-state index in [9.17, 15) is 4.79 Å². The number of hydrogen-bond donors (Lipinski definition) is 1. The molecule has 12 heavy (non-hydrogen) atoms. The first-order valence-electron chi connectivity index (χ1n) is 4.03. The van der Waals surface area contributed by atoms with Gasteiger partial charge in [-0.2, -0.15) is 0 Å². The zero-order valence-corrected chi connectivity index (χ0v) is 7.88. The third-order valence-corrected chi connectivity index (χ3v) is 1.81. The molecule has 0 bridgehead atoms. The molecule has 1 aliphatic rings. The smallest absolute Gasteiger partial charge is 0.251 e. The lowest BCUT2D eigenvalue weighted by atomic mass is 10.2. The van der Waals surface area contributed by atoms with Crippen molar-refractivity contribution in [2.24, 2.45) is 0 Å². The van der Waals surface area contributed by atoms with Crippen molar-refractivity contribution in [3.8, 4) is 0 Å². The maximum absolute atomic E-state index is 11.2. The topological polar surface area (TPSA) is 47.6 Å². The molecule has 1 heterocycles. The van der Waals surface area contributed by atoms with Gasteiger partial charge in [0, 0.05) is 7.05 Å². The number of ether oxygens (including phenoxy) is 2. The first-order valence-corrected chi connectivity index (χ1v) is 4.03. The van der Waals surface area contributed by atoms with Gasteiger partial charge in [0.15, 0.2) is 11.9 Å². The fraction of sp³-hybridized carbons (Fsp3) is 0.875. The second-order valence-corrected chi connectivity index (χ2v) is 3.38. The first kappa shape index (κ1) is 9.48. The van der Waals surface area contributed by atoms with Gasteiger partial charge in [-0.3, -0.25) is 4.79 Å². The van der Waals surface area contributed by atoms with Crippen molar-refractivity contribution in [1.29, 1.82) is 0 Å². The minimum absolute atomic E-state index is 0.131. The fourth-order valence-electron chi connectivity index (χ4n) is 1.35. The Morgan fingerprint density at radius 2 is 2.00 bits per heavy atom. The summed E-state index contributed by atoms with van der Waals surface area (Å²) in [5.74, 6) is -0.774. The summed E-state index contributed by atoms with van der Waals surface area (Å²) in [5, 5.41) is 2.53. The van der Waals surface area contributed by atoms with Crippen molar-refractivity contribution < 1.29 is 14.3 Å². The highest BCUT2D eigenvalue weighted by Gasteiger charge is 2.42. The van der Waals surface area contributed by atoms with Crippen LogP contribution in [0.3, 0.4) is 0 Å². The molecule has 0 aromatic carbocycles. The quantitative estimate of drug-likeness (QED) is 0.619. The largest absolute Gasteiger partial charge is 0.357 e. The molecule has 0 radical (unpaired) electrons. The third-order valence-electron chi connectivity index (χ3n) is 1.81. The van der Waals surface area contributed by atoms with E-state index in [0.717, 1.165) is 0 Å². The maximum atomic E-state index is 11.2. The summed E-state index contributed by atoms with van der Waals surface area (Å²) < 4.78 is 10.8. The summed E-state index contributed by atoms with van der Waals surface area (Å²) >= 11 is 0. The Morgan fingerprint density at radius 3 is 2.33 bits per heavy atom. The summed E-state index contributed by atoms with van der Waals surface area (Å²) in [6.07, 6.45) is -0.662. The number of carbonyl (C=O) groups excluding carboxylic acids is 1. The Morgan fingerprint density at radius 1 is 1.42 bits per heavy atom. The molecule has 4 nitrogen and oxygen atoms in total. The maximum Gasteiger partial charge on any atom is 0.251 e. The van der Waals surface area contributed by atoms with Gasteiger partial charge in [0.1, 0.15) is 0 Å². The van der Waals surface area contributed by atoms with E-state index < -0.39 is 11.9 Å². The normalized spacial score (nSPS) is 33.3. The van der Waals surface area contributed by atoms with Crippen LogP contribution in [0.15, 0.2) is 0 Å². The highest BCUT2D eigenvalue weighted by Crippen LogP contribution is 2.27. The molecule has 0 saturated carbocycles. The van der Waals surface area contributed by atoms with E-state index in [0.29, 0.717) is 0 Å². The van der Waals surface area contributed by atoms with Crippen molar-refractivity contribution in [2.45, 2.75) is 38.8 Å². The number of carbonyl (C=O) groups is 1. The Bertz CT molecular complexity index is 191. The summed E-state index contributed by atoms with van der Waals surface area (Å²) in [7, 11) is 1.59. The Labute approximate surface area is 72.2 Å². The molecular weight excluding hydrogens is 158 g/mol. The number of hydrogen-bond acceptors (Lipinski definition) is 3. The van der Waals surface area contributed by atoms with E-state index in [1.807, 2.05) is 6.92 Å². The van der Waals surface area contributed by atoms with Crippen LogP contribution in [0, 0.1) is 0 Å². The van der Waals surface area contributed by atoms with Crippen LogP contribution in [0.25, 0.3) is 0 Å². The van der Waals surface area contributed by atoms with Crippen LogP contribution in [-0.4, -0.2) is 30.9 Å². The fourth-order valence-corrected chi connectivity index (χ4v) is 1.35. The zero-order chi connectivity index (χ0) is 9.35. The number of amides is 1. The second-order valence-electron chi connectivity index (χ2n) is 3.38. The van der Waals surface area contributed by atoms with Gasteiger partial charge in [-0.15, -0.1) is 0 Å². The molecule has 2 atom stereocenters. The van der Waals surface area contributed by atoms with Crippen LogP contribution >= 0.6 is 0 Å². The summed E-state index contributed by atoms with van der Waals surface area (Å²) in [5.41, 5.74) is 0. The van der Waals surface area contributed by atoms with Crippen LogP contribution in [0.4, 0.5) is 0 Å². The Hall–Kier alpha value is -0.610. The highest BCUT2D eigenvalue weighted by atomic mass is 16.8. The zero-order valence-electron chi connectivity index (χ0n) is 7.88. The Balaban J connectivity index is 2.64. The molecule has 70 valence electrons. The molecule has 4 heteroatoms. The van der Waals surface area contributed by atoms with Crippen molar-refractivity contribution in [1.82, 2.24) is 5.32 Å². The molecular formula is C8H15NO3. The van der Waals surface area contributed by atoms with Crippen LogP contribution in [0.5, 0.6) is 0 Å². The standard InChI is InChI=1S/C8H15NO3/c1-5-6(7(10)9-4)12-8(2,3)11-5/h5-6H,1-4H3,(H,9,10). The van der Waals surface area contributed by atoms with Gasteiger partial charge >= 0.3 is 0 Å². The average molecular weight is 173 g/mol. The third kappa shape index (κ3) is 1.76. The van der Waals surface area contributed by atoms with Gasteiger partial charge in [0.2, 0.25) is 0 Å². The summed E-state index contributed by atoms with van der Waals surface area (Å²) in [4.78, 5) is 11.2. The molecule has 1 rings (SSSR count). The SMILES string of the molecule is CNC(=O)C1OC(C)(C)OC1C. The van der Waals surface area contributed by atoms with E-state index in [1.54, 1.807) is 20.9 Å². The molecule has 1 fully saturated rings. The van der Waals surface area contributed by atoms with Crippen molar-refractivity contribution >= 4 is 5.91 Å². The number of likely N-dealkylation sites (N-methyl/N-ethyl adjacent to an activating group) is 1. The van der Waals surface area contributed by atoms with Gasteiger partial charge in [-0.1, -0.05) is 0 Å². The van der Waals surface area contributed by atoms with Gasteiger partial charge in [0.25, 0.3) is 5.91 Å². The Kier molecular flexibility index (Phi) is 2.39. The van der Waals surface area contributed by atoms with E-state index in [4.69, 9.17) is 9.47 Å². The van der Waals surface area contributed by atoms with Gasteiger partial charge in [-0.25, -0.2) is 0 Å². The number of rotatable bonds is 1. The van der Waals surface area contributed by atoms with Gasteiger partial charge < -0.3 is 14.8 Å². The lowest BCUT2D eigenvalue weighted by Crippen LogP contribution is -2.37. The first-order chi connectivity index (χ1) is 5.46. The second kappa shape index (κ2) is 3.03. The molecule has 1 N–H and O–H groups in total. The minimum atomic E-state index is -0.642. The summed E-state index contributed by atoms with van der Waals surface area (Å²) in [6, 6.07) is 0. The minimum Gasteiger partial charge on any atom is -0.357 e. The van der Waals surface area contributed by atoms with Crippen molar-refractivity contribution in [2.75, 3.05) is 7.05 Å². The summed E-state index contributed by atoms with van der Waals surface area (Å²) in [6.45, 7) is 5.42.